The van der Waals surface area contributed by atoms with Crippen molar-refractivity contribution in [3.05, 3.63) is 106 Å². The van der Waals surface area contributed by atoms with Crippen molar-refractivity contribution in [1.82, 2.24) is 0 Å². The highest BCUT2D eigenvalue weighted by atomic mass is 35.5. The van der Waals surface area contributed by atoms with Gasteiger partial charge in [0.15, 0.2) is 0 Å². The second-order valence-corrected chi connectivity index (χ2v) is 12.0. The number of hydrogen-bond acceptors (Lipinski definition) is 2. The van der Waals surface area contributed by atoms with E-state index in [0.717, 1.165) is 48.7 Å². The lowest BCUT2D eigenvalue weighted by Gasteiger charge is -2.32. The molecule has 0 amide bonds. The van der Waals surface area contributed by atoms with Gasteiger partial charge in [-0.1, -0.05) is 107 Å². The Kier molecular flexibility index (Phi) is 7.07. The Labute approximate surface area is 228 Å². The lowest BCUT2D eigenvalue weighted by Crippen LogP contribution is -2.40. The summed E-state index contributed by atoms with van der Waals surface area (Å²) in [5.74, 6) is 0. The number of hydrogen-bond donors (Lipinski definition) is 0. The molecule has 2 aromatic rings. The van der Waals surface area contributed by atoms with Gasteiger partial charge in [0.05, 0.1) is 17.4 Å². The van der Waals surface area contributed by atoms with Crippen molar-refractivity contribution in [1.29, 1.82) is 0 Å². The van der Waals surface area contributed by atoms with Gasteiger partial charge in [-0.3, -0.25) is 4.99 Å². The molecular formula is C34H39ClN2. The van der Waals surface area contributed by atoms with E-state index in [9.17, 15) is 0 Å². The van der Waals surface area contributed by atoms with Crippen LogP contribution >= 0.6 is 11.6 Å². The van der Waals surface area contributed by atoms with Crippen molar-refractivity contribution in [3.63, 3.8) is 0 Å². The van der Waals surface area contributed by atoms with Crippen molar-refractivity contribution < 1.29 is 0 Å². The van der Waals surface area contributed by atoms with Gasteiger partial charge >= 0.3 is 0 Å². The summed E-state index contributed by atoms with van der Waals surface area (Å²) in [5, 5.41) is 0.903. The fourth-order valence-corrected chi connectivity index (χ4v) is 6.54. The SMILES string of the molecule is CCCN1c2ccccc2C(C)(C)C1/C=C/C=C1\CCCC(/C=C/C2=Nc3ccccc3C2(C)C)=C1Cl. The molecule has 3 aliphatic rings. The molecule has 0 fully saturated rings. The van der Waals surface area contributed by atoms with Crippen LogP contribution in [0.15, 0.2) is 100 Å². The van der Waals surface area contributed by atoms with Crippen LogP contribution < -0.4 is 4.90 Å². The van der Waals surface area contributed by atoms with E-state index in [2.05, 4.69) is 118 Å². The quantitative estimate of drug-likeness (QED) is 0.378. The van der Waals surface area contributed by atoms with Gasteiger partial charge in [0.1, 0.15) is 0 Å². The molecule has 2 aliphatic heterocycles. The average Bonchev–Trinajstić information content (AvgIpc) is 3.26. The molecular weight excluding hydrogens is 472 g/mol. The number of nitrogens with zero attached hydrogens (tertiary/aromatic N) is 2. The highest BCUT2D eigenvalue weighted by molar-refractivity contribution is 6.32. The second-order valence-electron chi connectivity index (χ2n) is 11.6. The van der Waals surface area contributed by atoms with Crippen LogP contribution in [0, 0.1) is 0 Å². The van der Waals surface area contributed by atoms with Crippen molar-refractivity contribution in [2.75, 3.05) is 11.4 Å². The topological polar surface area (TPSA) is 15.6 Å². The normalized spacial score (nSPS) is 23.3. The molecule has 1 unspecified atom stereocenters. The van der Waals surface area contributed by atoms with Crippen molar-refractivity contribution in [2.24, 2.45) is 4.99 Å². The minimum Gasteiger partial charge on any atom is -0.364 e. The predicted molar refractivity (Wildman–Crippen MR) is 161 cm³/mol. The molecule has 1 aliphatic carbocycles. The Hall–Kier alpha value is -2.84. The van der Waals surface area contributed by atoms with E-state index >= 15 is 0 Å². The summed E-state index contributed by atoms with van der Waals surface area (Å²) >= 11 is 6.97. The minimum absolute atomic E-state index is 0.0628. The fourth-order valence-electron chi connectivity index (χ4n) is 6.23. The third-order valence-electron chi connectivity index (χ3n) is 8.40. The molecule has 2 nitrogen and oxygen atoms in total. The molecule has 0 saturated heterocycles. The highest BCUT2D eigenvalue weighted by Gasteiger charge is 2.42. The smallest absolute Gasteiger partial charge is 0.0674 e. The summed E-state index contributed by atoms with van der Waals surface area (Å²) in [6.07, 6.45) is 15.5. The fraction of sp³-hybridized carbons (Fsp3) is 0.382. The highest BCUT2D eigenvalue weighted by Crippen LogP contribution is 2.46. The first kappa shape index (κ1) is 25.8. The maximum atomic E-state index is 6.97. The summed E-state index contributed by atoms with van der Waals surface area (Å²) in [5.41, 5.74) is 8.70. The van der Waals surface area contributed by atoms with E-state index in [0.29, 0.717) is 6.04 Å². The van der Waals surface area contributed by atoms with E-state index in [4.69, 9.17) is 16.6 Å². The Balaban J connectivity index is 1.37. The summed E-state index contributed by atoms with van der Waals surface area (Å²) in [6, 6.07) is 17.7. The first-order valence-corrected chi connectivity index (χ1v) is 14.1. The first-order valence-electron chi connectivity index (χ1n) is 13.7. The molecule has 37 heavy (non-hydrogen) atoms. The summed E-state index contributed by atoms with van der Waals surface area (Å²) in [7, 11) is 0. The summed E-state index contributed by atoms with van der Waals surface area (Å²) in [6.45, 7) is 12.6. The molecule has 0 radical (unpaired) electrons. The van der Waals surface area contributed by atoms with Gasteiger partial charge in [0.2, 0.25) is 0 Å². The number of fused-ring (bicyclic) bond motifs is 2. The molecule has 0 saturated carbocycles. The number of rotatable bonds is 6. The Morgan fingerprint density at radius 2 is 1.70 bits per heavy atom. The molecule has 0 bridgehead atoms. The molecule has 2 aromatic carbocycles. The lowest BCUT2D eigenvalue weighted by molar-refractivity contribution is 0.474. The van der Waals surface area contributed by atoms with Crippen molar-refractivity contribution in [3.8, 4) is 0 Å². The maximum Gasteiger partial charge on any atom is 0.0674 e. The predicted octanol–water partition coefficient (Wildman–Crippen LogP) is 9.34. The lowest BCUT2D eigenvalue weighted by atomic mass is 9.80. The number of anilines is 1. The van der Waals surface area contributed by atoms with Crippen LogP contribution in [0.1, 0.15) is 71.4 Å². The Bertz CT molecular complexity index is 1340. The number of allylic oxidation sites excluding steroid dienone is 7. The van der Waals surface area contributed by atoms with E-state index in [1.54, 1.807) is 0 Å². The summed E-state index contributed by atoms with van der Waals surface area (Å²) < 4.78 is 0. The van der Waals surface area contributed by atoms with Gasteiger partial charge in [-0.2, -0.15) is 0 Å². The minimum atomic E-state index is -0.0910. The van der Waals surface area contributed by atoms with E-state index in [1.165, 1.54) is 28.0 Å². The second kappa shape index (κ2) is 10.1. The molecule has 0 spiro atoms. The van der Waals surface area contributed by atoms with E-state index in [-0.39, 0.29) is 10.8 Å². The van der Waals surface area contributed by atoms with Crippen LogP contribution in [0.25, 0.3) is 0 Å². The molecule has 192 valence electrons. The Morgan fingerprint density at radius 1 is 0.973 bits per heavy atom. The third kappa shape index (κ3) is 4.66. The maximum absolute atomic E-state index is 6.97. The zero-order valence-electron chi connectivity index (χ0n) is 22.9. The standard InChI is InChI=1S/C34H39ClN2/c1-6-23-37-29-19-10-8-17-27(29)34(4,5)31(37)20-12-15-24-13-11-14-25(32(24)35)21-22-30-33(2,3)26-16-7-9-18-28(26)36-30/h7-10,12,15-22,31H,6,11,13-14,23H2,1-5H3/b20-12+,22-21+,24-15+. The zero-order chi connectivity index (χ0) is 26.2. The zero-order valence-corrected chi connectivity index (χ0v) is 23.6. The molecule has 1 atom stereocenters. The van der Waals surface area contributed by atoms with Gasteiger partial charge < -0.3 is 4.90 Å². The van der Waals surface area contributed by atoms with E-state index < -0.39 is 0 Å². The largest absolute Gasteiger partial charge is 0.364 e. The summed E-state index contributed by atoms with van der Waals surface area (Å²) in [4.78, 5) is 7.48. The molecule has 2 heterocycles. The first-order chi connectivity index (χ1) is 17.7. The van der Waals surface area contributed by atoms with Gasteiger partial charge in [0, 0.05) is 28.1 Å². The van der Waals surface area contributed by atoms with Gasteiger partial charge in [-0.15, -0.1) is 0 Å². The van der Waals surface area contributed by atoms with Gasteiger partial charge in [-0.25, -0.2) is 0 Å². The van der Waals surface area contributed by atoms with Crippen molar-refractivity contribution in [2.45, 2.75) is 77.2 Å². The molecule has 0 aromatic heterocycles. The molecule has 5 rings (SSSR count). The van der Waals surface area contributed by atoms with Gasteiger partial charge in [-0.05, 0) is 66.2 Å². The monoisotopic (exact) mass is 510 g/mol. The van der Waals surface area contributed by atoms with Crippen molar-refractivity contribution >= 4 is 28.7 Å². The number of aliphatic imine (C=N–C) groups is 1. The van der Waals surface area contributed by atoms with Crippen LogP contribution in [-0.2, 0) is 10.8 Å². The molecule has 0 N–H and O–H groups in total. The third-order valence-corrected chi connectivity index (χ3v) is 8.88. The number of para-hydroxylation sites is 2. The average molecular weight is 511 g/mol. The van der Waals surface area contributed by atoms with Gasteiger partial charge in [0.25, 0.3) is 0 Å². The van der Waals surface area contributed by atoms with Crippen LogP contribution in [0.3, 0.4) is 0 Å². The van der Waals surface area contributed by atoms with E-state index in [1.807, 2.05) is 0 Å². The van der Waals surface area contributed by atoms with Crippen LogP contribution in [0.4, 0.5) is 11.4 Å². The van der Waals surface area contributed by atoms with Crippen LogP contribution in [0.2, 0.25) is 0 Å². The molecule has 3 heteroatoms. The number of halogens is 1. The Morgan fingerprint density at radius 3 is 2.46 bits per heavy atom. The van der Waals surface area contributed by atoms with Crippen LogP contribution in [0.5, 0.6) is 0 Å². The van der Waals surface area contributed by atoms with Crippen LogP contribution in [-0.4, -0.2) is 18.3 Å². The number of benzene rings is 2.